The Morgan fingerprint density at radius 2 is 2.08 bits per heavy atom. The van der Waals surface area contributed by atoms with Crippen LogP contribution >= 0.6 is 0 Å². The maximum atomic E-state index is 11.7. The number of aromatic nitrogens is 2. The molecule has 122 valence electrons. The summed E-state index contributed by atoms with van der Waals surface area (Å²) >= 11 is 0. The zero-order valence-corrected chi connectivity index (χ0v) is 13.4. The van der Waals surface area contributed by atoms with E-state index in [1.807, 2.05) is 18.2 Å². The summed E-state index contributed by atoms with van der Waals surface area (Å²) in [4.78, 5) is 19.3. The zero-order valence-electron chi connectivity index (χ0n) is 13.4. The van der Waals surface area contributed by atoms with Crippen LogP contribution in [0.4, 0.5) is 11.5 Å². The van der Waals surface area contributed by atoms with Crippen LogP contribution in [0, 0.1) is 5.92 Å². The molecule has 0 unspecified atom stereocenters. The number of hydrogen-bond acceptors (Lipinski definition) is 3. The minimum Gasteiger partial charge on any atom is -0.383 e. The summed E-state index contributed by atoms with van der Waals surface area (Å²) in [6.45, 7) is 0.831. The van der Waals surface area contributed by atoms with Crippen LogP contribution in [0.5, 0.6) is 0 Å². The Bertz CT molecular complexity index is 849. The second-order valence-electron chi connectivity index (χ2n) is 6.23. The van der Waals surface area contributed by atoms with E-state index >= 15 is 0 Å². The van der Waals surface area contributed by atoms with E-state index in [0.29, 0.717) is 5.82 Å². The molecule has 3 aromatic rings. The molecular formula is C19H20N4O. The topological polar surface area (TPSA) is 69.8 Å². The lowest BCUT2D eigenvalue weighted by molar-refractivity contribution is -0.117. The first kappa shape index (κ1) is 14.8. The van der Waals surface area contributed by atoms with E-state index in [2.05, 4.69) is 45.0 Å². The van der Waals surface area contributed by atoms with E-state index < -0.39 is 0 Å². The lowest BCUT2D eigenvalue weighted by Gasteiger charge is -2.07. The predicted molar refractivity (Wildman–Crippen MR) is 96.1 cm³/mol. The van der Waals surface area contributed by atoms with Crippen LogP contribution in [-0.2, 0) is 11.2 Å². The Labute approximate surface area is 140 Å². The first-order valence-corrected chi connectivity index (χ1v) is 8.35. The van der Waals surface area contributed by atoms with Gasteiger partial charge in [0.2, 0.25) is 5.91 Å². The van der Waals surface area contributed by atoms with Crippen molar-refractivity contribution in [1.29, 1.82) is 0 Å². The van der Waals surface area contributed by atoms with E-state index in [1.54, 1.807) is 6.20 Å². The second-order valence-corrected chi connectivity index (χ2v) is 6.23. The molecule has 3 N–H and O–H groups in total. The summed E-state index contributed by atoms with van der Waals surface area (Å²) in [6, 6.07) is 12.1. The SMILES string of the molecule is O=C(Nc1ccc(NCCc2c[nH]c3ccccc23)cn1)C1CC1. The van der Waals surface area contributed by atoms with Gasteiger partial charge in [0.1, 0.15) is 5.82 Å². The highest BCUT2D eigenvalue weighted by atomic mass is 16.2. The normalized spacial score (nSPS) is 13.8. The van der Waals surface area contributed by atoms with Gasteiger partial charge in [-0.25, -0.2) is 4.98 Å². The van der Waals surface area contributed by atoms with Crippen LogP contribution in [0.25, 0.3) is 10.9 Å². The number of H-pyrrole nitrogens is 1. The third-order valence-corrected chi connectivity index (χ3v) is 4.36. The van der Waals surface area contributed by atoms with Crippen LogP contribution in [0.15, 0.2) is 48.8 Å². The van der Waals surface area contributed by atoms with Crippen LogP contribution in [0.3, 0.4) is 0 Å². The fraction of sp³-hybridized carbons (Fsp3) is 0.263. The average Bonchev–Trinajstić information content (AvgIpc) is 3.39. The van der Waals surface area contributed by atoms with Gasteiger partial charge in [-0.2, -0.15) is 0 Å². The summed E-state index contributed by atoms with van der Waals surface area (Å²) in [5, 5.41) is 7.50. The van der Waals surface area contributed by atoms with Crippen molar-refractivity contribution in [3.8, 4) is 0 Å². The minimum atomic E-state index is 0.0857. The van der Waals surface area contributed by atoms with Crippen molar-refractivity contribution in [2.24, 2.45) is 5.92 Å². The molecule has 5 nitrogen and oxygen atoms in total. The molecular weight excluding hydrogens is 300 g/mol. The minimum absolute atomic E-state index is 0.0857. The number of pyridine rings is 1. The quantitative estimate of drug-likeness (QED) is 0.650. The molecule has 0 bridgehead atoms. The smallest absolute Gasteiger partial charge is 0.228 e. The summed E-state index contributed by atoms with van der Waals surface area (Å²) in [5.41, 5.74) is 3.43. The van der Waals surface area contributed by atoms with Crippen molar-refractivity contribution < 1.29 is 4.79 Å². The first-order chi connectivity index (χ1) is 11.8. The maximum absolute atomic E-state index is 11.7. The lowest BCUT2D eigenvalue weighted by atomic mass is 10.1. The number of nitrogens with zero attached hydrogens (tertiary/aromatic N) is 1. The molecule has 24 heavy (non-hydrogen) atoms. The molecule has 0 aliphatic heterocycles. The largest absolute Gasteiger partial charge is 0.383 e. The molecule has 1 amide bonds. The van der Waals surface area contributed by atoms with Gasteiger partial charge >= 0.3 is 0 Å². The molecule has 0 saturated heterocycles. The molecule has 1 aliphatic rings. The molecule has 0 spiro atoms. The Hall–Kier alpha value is -2.82. The Morgan fingerprint density at radius 3 is 2.88 bits per heavy atom. The molecule has 1 aliphatic carbocycles. The number of carbonyl (C=O) groups excluding carboxylic acids is 1. The van der Waals surface area contributed by atoms with Gasteiger partial charge < -0.3 is 15.6 Å². The van der Waals surface area contributed by atoms with Crippen molar-refractivity contribution in [2.75, 3.05) is 17.2 Å². The summed E-state index contributed by atoms with van der Waals surface area (Å²) in [7, 11) is 0. The number of aromatic amines is 1. The number of carbonyl (C=O) groups is 1. The summed E-state index contributed by atoms with van der Waals surface area (Å²) in [6.07, 6.45) is 6.77. The van der Waals surface area contributed by atoms with Crippen molar-refractivity contribution >= 4 is 28.3 Å². The molecule has 2 heterocycles. The fourth-order valence-corrected chi connectivity index (χ4v) is 2.83. The molecule has 2 aromatic heterocycles. The molecule has 1 saturated carbocycles. The molecule has 1 fully saturated rings. The lowest BCUT2D eigenvalue weighted by Crippen LogP contribution is -2.14. The second kappa shape index (κ2) is 6.35. The van der Waals surface area contributed by atoms with Gasteiger partial charge in [-0.15, -0.1) is 0 Å². The van der Waals surface area contributed by atoms with Gasteiger partial charge in [-0.3, -0.25) is 4.79 Å². The number of amides is 1. The number of rotatable bonds is 6. The van der Waals surface area contributed by atoms with Crippen LogP contribution in [-0.4, -0.2) is 22.4 Å². The Morgan fingerprint density at radius 1 is 1.21 bits per heavy atom. The predicted octanol–water partition coefficient (Wildman–Crippen LogP) is 3.57. The molecule has 4 rings (SSSR count). The number of para-hydroxylation sites is 1. The molecule has 5 heteroatoms. The maximum Gasteiger partial charge on any atom is 0.228 e. The summed E-state index contributed by atoms with van der Waals surface area (Å²) < 4.78 is 0. The average molecular weight is 320 g/mol. The fourth-order valence-electron chi connectivity index (χ4n) is 2.83. The van der Waals surface area contributed by atoms with Crippen molar-refractivity contribution in [3.05, 3.63) is 54.4 Å². The number of hydrogen-bond donors (Lipinski definition) is 3. The van der Waals surface area contributed by atoms with Crippen molar-refractivity contribution in [2.45, 2.75) is 19.3 Å². The Balaban J connectivity index is 1.31. The van der Waals surface area contributed by atoms with Gasteiger partial charge in [0.05, 0.1) is 11.9 Å². The third kappa shape index (κ3) is 3.25. The van der Waals surface area contributed by atoms with Gasteiger partial charge in [0.25, 0.3) is 0 Å². The van der Waals surface area contributed by atoms with E-state index in [1.165, 1.54) is 16.5 Å². The van der Waals surface area contributed by atoms with Crippen molar-refractivity contribution in [1.82, 2.24) is 9.97 Å². The molecule has 1 aromatic carbocycles. The van der Waals surface area contributed by atoms with Gasteiger partial charge in [-0.05, 0) is 43.0 Å². The number of anilines is 2. The zero-order chi connectivity index (χ0) is 16.4. The van der Waals surface area contributed by atoms with Crippen LogP contribution in [0.1, 0.15) is 18.4 Å². The monoisotopic (exact) mass is 320 g/mol. The van der Waals surface area contributed by atoms with Crippen molar-refractivity contribution in [3.63, 3.8) is 0 Å². The van der Waals surface area contributed by atoms with Crippen LogP contribution in [0.2, 0.25) is 0 Å². The van der Waals surface area contributed by atoms with E-state index in [-0.39, 0.29) is 11.8 Å². The standard InChI is InChI=1S/C19H20N4O/c24-19(13-5-6-13)23-18-8-7-15(12-22-18)20-10-9-14-11-21-17-4-2-1-3-16(14)17/h1-4,7-8,11-13,20-21H,5-6,9-10H2,(H,22,23,24). The molecule has 0 radical (unpaired) electrons. The van der Waals surface area contributed by atoms with E-state index in [4.69, 9.17) is 0 Å². The summed E-state index contributed by atoms with van der Waals surface area (Å²) in [5.74, 6) is 0.900. The molecule has 0 atom stereocenters. The van der Waals surface area contributed by atoms with E-state index in [9.17, 15) is 4.79 Å². The highest BCUT2D eigenvalue weighted by Crippen LogP contribution is 2.30. The highest BCUT2D eigenvalue weighted by molar-refractivity contribution is 5.93. The van der Waals surface area contributed by atoms with Gasteiger partial charge in [-0.1, -0.05) is 18.2 Å². The Kier molecular flexibility index (Phi) is 3.91. The highest BCUT2D eigenvalue weighted by Gasteiger charge is 2.29. The number of nitrogens with one attached hydrogen (secondary N) is 3. The number of fused-ring (bicyclic) bond motifs is 1. The van der Waals surface area contributed by atoms with E-state index in [0.717, 1.165) is 31.5 Å². The van der Waals surface area contributed by atoms with Crippen LogP contribution < -0.4 is 10.6 Å². The first-order valence-electron chi connectivity index (χ1n) is 8.35. The van der Waals surface area contributed by atoms with Gasteiger partial charge in [0, 0.05) is 29.6 Å². The van der Waals surface area contributed by atoms with Gasteiger partial charge in [0.15, 0.2) is 0 Å². The number of benzene rings is 1. The third-order valence-electron chi connectivity index (χ3n) is 4.36.